The van der Waals surface area contributed by atoms with Crippen molar-refractivity contribution in [3.05, 3.63) is 194 Å². The van der Waals surface area contributed by atoms with Gasteiger partial charge in [-0.2, -0.15) is 4.57 Å². The van der Waals surface area contributed by atoms with Crippen molar-refractivity contribution in [3.8, 4) is 0 Å². The molecule has 0 atom stereocenters. The van der Waals surface area contributed by atoms with Crippen LogP contribution in [0.5, 0.6) is 0 Å². The molecule has 0 spiro atoms. The monoisotopic (exact) mass is 973 g/mol. The summed E-state index contributed by atoms with van der Waals surface area (Å²) >= 11 is 0. The molecule has 1 heterocycles. The molecule has 0 bridgehead atoms. The average molecular weight is 973 g/mol. The minimum atomic E-state index is -7.22. The first-order valence-electron chi connectivity index (χ1n) is 18.0. The Bertz CT molecular complexity index is 2770. The Morgan fingerprint density at radius 3 is 1.03 bits per heavy atom. The van der Waals surface area contributed by atoms with Crippen LogP contribution in [0, 0.1) is 116 Å². The van der Waals surface area contributed by atoms with Gasteiger partial charge >= 0.3 is 5.97 Å². The van der Waals surface area contributed by atoms with Crippen LogP contribution in [-0.2, 0) is 11.3 Å². The normalized spacial score (nSPS) is 11.5. The summed E-state index contributed by atoms with van der Waals surface area (Å²) in [6.07, 6.45) is -7.22. The number of para-hydroxylation sites is 1. The van der Waals surface area contributed by atoms with Crippen LogP contribution in [0.3, 0.4) is 0 Å². The number of ether oxygens (including phenoxy) is 1. The number of hydrogen-bond donors (Lipinski definition) is 1. The number of carbonyl (C=O) groups excluding carboxylic acids is 1. The molecule has 67 heavy (non-hydrogen) atoms. The Morgan fingerprint density at radius 2 is 0.701 bits per heavy atom. The standard InChI is InChI=1S/C24BF20.C18H16NO3/c26-5-1(6(27)14(35)21(42)13(5)34)25(2-7(28)15(36)22(43)16(37)8(2)29,3-9(30)17(38)23(44)18(39)10(3)31)4-11(32)19(40)24(45)20(41)12(4)33;20-13-22-18(21)17-11-10-15-8-4-5-9-16(15)19(17)12-14-6-2-1-3-7-14/h;1-11,20H,12-13H2/q-1;+1. The molecule has 350 valence electrons. The van der Waals surface area contributed by atoms with Gasteiger partial charge in [0.05, 0.1) is 0 Å². The highest BCUT2D eigenvalue weighted by Gasteiger charge is 2.52. The summed E-state index contributed by atoms with van der Waals surface area (Å²) in [5.74, 6) is -71.9. The van der Waals surface area contributed by atoms with E-state index in [9.17, 15) is 57.5 Å². The summed E-state index contributed by atoms with van der Waals surface area (Å²) < 4.78 is 301. The zero-order valence-corrected chi connectivity index (χ0v) is 32.1. The lowest BCUT2D eigenvalue weighted by molar-refractivity contribution is -0.665. The van der Waals surface area contributed by atoms with Gasteiger partial charge in [0.2, 0.25) is 5.52 Å². The number of fused-ring (bicyclic) bond motifs is 1. The Labute approximate surface area is 359 Å². The molecule has 0 unspecified atom stereocenters. The molecular weight excluding hydrogens is 957 g/mol. The van der Waals surface area contributed by atoms with Gasteiger partial charge in [0.15, 0.2) is 83.1 Å². The van der Waals surface area contributed by atoms with Crippen molar-refractivity contribution in [1.82, 2.24) is 0 Å². The van der Waals surface area contributed by atoms with E-state index in [-0.39, 0.29) is 0 Å². The van der Waals surface area contributed by atoms with Gasteiger partial charge in [-0.15, -0.1) is 21.9 Å². The van der Waals surface area contributed by atoms with Gasteiger partial charge in [0, 0.05) is 23.1 Å². The number of pyridine rings is 1. The molecule has 0 saturated carbocycles. The molecular formula is C42H16BF20NO3. The molecule has 0 aliphatic carbocycles. The van der Waals surface area contributed by atoms with Gasteiger partial charge in [-0.3, -0.25) is 0 Å². The van der Waals surface area contributed by atoms with Crippen LogP contribution in [0.15, 0.2) is 66.7 Å². The lowest BCUT2D eigenvalue weighted by Gasteiger charge is -2.44. The molecule has 7 aromatic rings. The summed E-state index contributed by atoms with van der Waals surface area (Å²) in [4.78, 5) is 12.1. The molecule has 0 aliphatic rings. The quantitative estimate of drug-likeness (QED) is 0.0319. The van der Waals surface area contributed by atoms with Crippen LogP contribution < -0.4 is 26.4 Å². The Morgan fingerprint density at radius 1 is 0.403 bits per heavy atom. The molecule has 6 aromatic carbocycles. The van der Waals surface area contributed by atoms with E-state index in [1.807, 2.05) is 65.2 Å². The Kier molecular flexibility index (Phi) is 13.7. The van der Waals surface area contributed by atoms with E-state index in [0.29, 0.717) is 12.2 Å². The van der Waals surface area contributed by atoms with E-state index >= 15 is 35.1 Å². The second kappa shape index (κ2) is 18.6. The third kappa shape index (κ3) is 7.82. The van der Waals surface area contributed by atoms with Crippen LogP contribution >= 0.6 is 0 Å². The van der Waals surface area contributed by atoms with E-state index in [4.69, 9.17) is 9.84 Å². The summed E-state index contributed by atoms with van der Waals surface area (Å²) in [6.45, 7) is -0.0744. The number of aliphatic hydroxyl groups excluding tert-OH is 1. The second-order valence-electron chi connectivity index (χ2n) is 13.7. The highest BCUT2D eigenvalue weighted by molar-refractivity contribution is 7.20. The van der Waals surface area contributed by atoms with Crippen molar-refractivity contribution in [2.75, 3.05) is 6.79 Å². The number of aromatic nitrogens is 1. The maximum absolute atomic E-state index is 15.4. The lowest BCUT2D eigenvalue weighted by atomic mass is 9.12. The Hall–Kier alpha value is -7.18. The van der Waals surface area contributed by atoms with Crippen molar-refractivity contribution in [2.45, 2.75) is 6.54 Å². The number of esters is 1. The van der Waals surface area contributed by atoms with Crippen LogP contribution in [0.4, 0.5) is 87.8 Å². The summed E-state index contributed by atoms with van der Waals surface area (Å²) in [7, 11) is 0. The molecule has 1 aromatic heterocycles. The molecule has 1 N–H and O–H groups in total. The molecule has 0 amide bonds. The molecule has 0 radical (unpaired) electrons. The predicted molar refractivity (Wildman–Crippen MR) is 191 cm³/mol. The smallest absolute Gasteiger partial charge is 0.405 e. The van der Waals surface area contributed by atoms with Crippen LogP contribution in [0.25, 0.3) is 10.9 Å². The third-order valence-electron chi connectivity index (χ3n) is 10.2. The SMILES string of the molecule is Fc1c(F)c(F)c([B-](c2c(F)c(F)c(F)c(F)c2F)(c2c(F)c(F)c(F)c(F)c2F)c2c(F)c(F)c(F)c(F)c2F)c(F)c1F.O=C(OCO)c1ccc2ccccc2[n+]1Cc1ccccc1. The molecule has 0 saturated heterocycles. The van der Waals surface area contributed by atoms with Gasteiger partial charge < -0.3 is 9.84 Å². The summed E-state index contributed by atoms with van der Waals surface area (Å²) in [6, 6.07) is 21.4. The molecule has 25 heteroatoms. The van der Waals surface area contributed by atoms with E-state index in [1.54, 1.807) is 6.07 Å². The van der Waals surface area contributed by atoms with Crippen molar-refractivity contribution in [3.63, 3.8) is 0 Å². The van der Waals surface area contributed by atoms with E-state index < -0.39 is 157 Å². The third-order valence-corrected chi connectivity index (χ3v) is 10.2. The topological polar surface area (TPSA) is 50.4 Å². The van der Waals surface area contributed by atoms with Crippen molar-refractivity contribution in [2.24, 2.45) is 0 Å². The number of benzene rings is 6. The largest absolute Gasteiger partial charge is 0.431 e. The van der Waals surface area contributed by atoms with Gasteiger partial charge in [0.1, 0.15) is 52.7 Å². The van der Waals surface area contributed by atoms with E-state index in [0.717, 1.165) is 16.5 Å². The van der Waals surface area contributed by atoms with Crippen molar-refractivity contribution >= 4 is 44.9 Å². The number of carbonyl (C=O) groups is 1. The number of hydrogen-bond acceptors (Lipinski definition) is 3. The maximum atomic E-state index is 15.4. The second-order valence-corrected chi connectivity index (χ2v) is 13.7. The van der Waals surface area contributed by atoms with Gasteiger partial charge in [0.25, 0.3) is 5.69 Å². The first-order chi connectivity index (χ1) is 31.5. The molecule has 4 nitrogen and oxygen atoms in total. The minimum absolute atomic E-state index is 0.414. The highest BCUT2D eigenvalue weighted by Crippen LogP contribution is 2.31. The molecule has 0 aliphatic heterocycles. The zero-order valence-electron chi connectivity index (χ0n) is 32.1. The molecule has 7 rings (SSSR count). The fourth-order valence-corrected chi connectivity index (χ4v) is 7.38. The fourth-order valence-electron chi connectivity index (χ4n) is 7.38. The van der Waals surface area contributed by atoms with Crippen LogP contribution in [0.1, 0.15) is 16.1 Å². The highest BCUT2D eigenvalue weighted by atomic mass is 19.2. The van der Waals surface area contributed by atoms with E-state index in [2.05, 4.69) is 0 Å². The Balaban J connectivity index is 0.000000279. The lowest BCUT2D eigenvalue weighted by Crippen LogP contribution is -2.81. The van der Waals surface area contributed by atoms with Crippen LogP contribution in [-0.4, -0.2) is 24.0 Å². The van der Waals surface area contributed by atoms with Crippen molar-refractivity contribution in [1.29, 1.82) is 0 Å². The average Bonchev–Trinajstić information content (AvgIpc) is 3.32. The van der Waals surface area contributed by atoms with E-state index in [1.165, 1.54) is 0 Å². The van der Waals surface area contributed by atoms with Crippen LogP contribution in [0.2, 0.25) is 0 Å². The first-order valence-corrected chi connectivity index (χ1v) is 18.0. The first kappa shape index (κ1) is 49.3. The number of rotatable bonds is 8. The number of aliphatic hydroxyl groups is 1. The maximum Gasteiger partial charge on any atom is 0.405 e. The predicted octanol–water partition coefficient (Wildman–Crippen LogP) is 8.13. The summed E-state index contributed by atoms with van der Waals surface area (Å²) in [5.41, 5.74) is -11.9. The minimum Gasteiger partial charge on any atom is -0.431 e. The number of nitrogens with zero attached hydrogens (tertiary/aromatic N) is 1. The fraction of sp³-hybridized carbons (Fsp3) is 0.0476. The van der Waals surface area contributed by atoms with Gasteiger partial charge in [-0.25, -0.2) is 92.6 Å². The van der Waals surface area contributed by atoms with Gasteiger partial charge in [-0.1, -0.05) is 42.5 Å². The van der Waals surface area contributed by atoms with Crippen molar-refractivity contribution < 1.29 is 107 Å². The zero-order chi connectivity index (χ0) is 49.7. The number of halogens is 20. The summed E-state index contributed by atoms with van der Waals surface area (Å²) in [5, 5.41) is 9.88. The van der Waals surface area contributed by atoms with Gasteiger partial charge in [-0.05, 0) is 12.1 Å². The molecule has 0 fully saturated rings.